The first-order valence-corrected chi connectivity index (χ1v) is 16.6. The van der Waals surface area contributed by atoms with E-state index in [1.54, 1.807) is 0 Å². The molecule has 4 aliphatic heterocycles. The van der Waals surface area contributed by atoms with E-state index in [4.69, 9.17) is 56.8 Å². The highest BCUT2D eigenvalue weighted by molar-refractivity contribution is 5.48. The summed E-state index contributed by atoms with van der Waals surface area (Å²) in [5, 5.41) is 0. The largest absolute Gasteiger partial charge is 0.467 e. The quantitative estimate of drug-likeness (QED) is 0.0814. The van der Waals surface area contributed by atoms with Gasteiger partial charge >= 0.3 is 0 Å². The van der Waals surface area contributed by atoms with Crippen molar-refractivity contribution in [2.45, 2.75) is 37.0 Å². The normalized spacial score (nSPS) is 22.6. The maximum Gasteiger partial charge on any atom is 0.192 e. The van der Waals surface area contributed by atoms with Gasteiger partial charge < -0.3 is 56.8 Å². The van der Waals surface area contributed by atoms with E-state index in [0.29, 0.717) is 49.4 Å². The van der Waals surface area contributed by atoms with Gasteiger partial charge in [0.2, 0.25) is 0 Å². The Balaban J connectivity index is 1.08. The van der Waals surface area contributed by atoms with Gasteiger partial charge in [0.1, 0.15) is 49.4 Å². The second-order valence-electron chi connectivity index (χ2n) is 12.0. The summed E-state index contributed by atoms with van der Waals surface area (Å²) in [7, 11) is 0. The molecule has 4 aromatic carbocycles. The molecule has 4 aliphatic rings. The van der Waals surface area contributed by atoms with Gasteiger partial charge in [0.05, 0.1) is 0 Å². The maximum absolute atomic E-state index is 5.83. The third kappa shape index (κ3) is 9.50. The Kier molecular flexibility index (Phi) is 10.4. The fourth-order valence-electron chi connectivity index (χ4n) is 5.49. The van der Waals surface area contributed by atoms with Crippen molar-refractivity contribution in [3.8, 4) is 23.0 Å². The van der Waals surface area contributed by atoms with Crippen molar-refractivity contribution >= 4 is 0 Å². The van der Waals surface area contributed by atoms with Crippen molar-refractivity contribution in [2.24, 2.45) is 0 Å². The molecule has 4 fully saturated rings. The van der Waals surface area contributed by atoms with Gasteiger partial charge in [-0.2, -0.15) is 0 Å². The van der Waals surface area contributed by atoms with Crippen molar-refractivity contribution < 1.29 is 56.8 Å². The summed E-state index contributed by atoms with van der Waals surface area (Å²) in [6.45, 7) is 2.88. The molecule has 12 nitrogen and oxygen atoms in total. The van der Waals surface area contributed by atoms with Crippen LogP contribution in [-0.4, -0.2) is 78.8 Å². The van der Waals surface area contributed by atoms with Crippen LogP contribution in [0.5, 0.6) is 23.0 Å². The molecule has 0 aromatic heterocycles. The smallest absolute Gasteiger partial charge is 0.192 e. The molecule has 4 heterocycles. The lowest BCUT2D eigenvalue weighted by Crippen LogP contribution is -2.15. The van der Waals surface area contributed by atoms with Crippen molar-refractivity contribution in [2.75, 3.05) is 53.6 Å². The van der Waals surface area contributed by atoms with E-state index in [1.807, 2.05) is 48.5 Å². The topological polar surface area (TPSA) is 124 Å². The molecule has 4 saturated heterocycles. The molecule has 12 heteroatoms. The highest BCUT2D eigenvalue weighted by Gasteiger charge is 2.30. The van der Waals surface area contributed by atoms with Crippen molar-refractivity contribution in [1.29, 1.82) is 0 Å². The van der Waals surface area contributed by atoms with Gasteiger partial charge in [-0.15, -0.1) is 0 Å². The van der Waals surface area contributed by atoms with Gasteiger partial charge in [-0.05, 0) is 70.8 Å². The zero-order valence-electron chi connectivity index (χ0n) is 27.3. The molecular weight excluding hydrogens is 648 g/mol. The fourth-order valence-corrected chi connectivity index (χ4v) is 5.49. The molecule has 4 aromatic rings. The molecular formula is C38H38O12. The Labute approximate surface area is 289 Å². The molecule has 0 radical (unpaired) electrons. The monoisotopic (exact) mass is 686 g/mol. The zero-order valence-corrected chi connectivity index (χ0v) is 27.3. The fraction of sp³-hybridized carbons (Fsp3) is 0.368. The summed E-state index contributed by atoms with van der Waals surface area (Å²) in [4.78, 5) is 0. The lowest BCUT2D eigenvalue weighted by Gasteiger charge is -2.30. The summed E-state index contributed by atoms with van der Waals surface area (Å²) < 4.78 is 65.7. The average Bonchev–Trinajstić information content (AvgIpc) is 3.95. The van der Waals surface area contributed by atoms with E-state index in [2.05, 4.69) is 48.5 Å². The second kappa shape index (κ2) is 15.8. The van der Waals surface area contributed by atoms with Crippen molar-refractivity contribution in [3.05, 3.63) is 119 Å². The van der Waals surface area contributed by atoms with E-state index >= 15 is 0 Å². The Morgan fingerprint density at radius 3 is 0.740 bits per heavy atom. The second-order valence-corrected chi connectivity index (χ2v) is 12.0. The predicted octanol–water partition coefficient (Wildman–Crippen LogP) is 5.49. The average molecular weight is 687 g/mol. The van der Waals surface area contributed by atoms with Crippen molar-refractivity contribution in [1.82, 2.24) is 0 Å². The Hall–Kier alpha value is -4.24. The van der Waals surface area contributed by atoms with Crippen LogP contribution >= 0.6 is 0 Å². The van der Waals surface area contributed by atoms with Crippen LogP contribution < -0.4 is 18.9 Å². The van der Waals surface area contributed by atoms with Crippen LogP contribution in [0.4, 0.5) is 0 Å². The van der Waals surface area contributed by atoms with Gasteiger partial charge in [0.25, 0.3) is 0 Å². The van der Waals surface area contributed by atoms with Crippen LogP contribution in [0.3, 0.4) is 0 Å². The van der Waals surface area contributed by atoms with Crippen LogP contribution in [0, 0.1) is 0 Å². The first-order valence-electron chi connectivity index (χ1n) is 16.6. The molecule has 8 rings (SSSR count). The number of hydrogen-bond acceptors (Lipinski definition) is 12. The summed E-state index contributed by atoms with van der Waals surface area (Å²) in [6.07, 6.45) is -0.693. The Morgan fingerprint density at radius 1 is 0.360 bits per heavy atom. The van der Waals surface area contributed by atoms with Crippen LogP contribution in [0.25, 0.3) is 0 Å². The molecule has 0 spiro atoms. The summed E-state index contributed by atoms with van der Waals surface area (Å²) >= 11 is 0. The molecule has 50 heavy (non-hydrogen) atoms. The summed E-state index contributed by atoms with van der Waals surface area (Å²) in [5.41, 5.74) is 4.36. The third-order valence-electron chi connectivity index (χ3n) is 8.42. The Morgan fingerprint density at radius 2 is 0.560 bits per heavy atom. The molecule has 0 amide bonds. The van der Waals surface area contributed by atoms with Crippen LogP contribution in [-0.2, 0) is 37.9 Å². The lowest BCUT2D eigenvalue weighted by atomic mass is 9.73. The van der Waals surface area contributed by atoms with E-state index in [1.165, 1.54) is 0 Å². The maximum atomic E-state index is 5.83. The molecule has 0 bridgehead atoms. The van der Waals surface area contributed by atoms with E-state index in [-0.39, 0.29) is 64.2 Å². The molecule has 262 valence electrons. The molecule has 0 aliphatic carbocycles. The minimum Gasteiger partial charge on any atom is -0.467 e. The lowest BCUT2D eigenvalue weighted by molar-refractivity contribution is -0.0344. The SMILES string of the molecule is c1cc(C(c2ccc(OCOC3CO3)cc2)C(c2ccc(OCOC3CO3)cc2)c2ccc(OCOC3CO3)cc2)ccc1OCOC1CO1. The first-order chi connectivity index (χ1) is 24.7. The first kappa shape index (κ1) is 32.9. The molecule has 0 N–H and O–H groups in total. The van der Waals surface area contributed by atoms with E-state index in [0.717, 1.165) is 22.3 Å². The van der Waals surface area contributed by atoms with Crippen LogP contribution in [0.15, 0.2) is 97.1 Å². The highest BCUT2D eigenvalue weighted by Crippen LogP contribution is 2.44. The summed E-state index contributed by atoms with van der Waals surface area (Å²) in [5.74, 6) is 2.58. The minimum absolute atomic E-state index is 0.116. The van der Waals surface area contributed by atoms with Crippen LogP contribution in [0.2, 0.25) is 0 Å². The molecule has 4 atom stereocenters. The number of ether oxygens (including phenoxy) is 12. The highest BCUT2D eigenvalue weighted by atomic mass is 16.8. The predicted molar refractivity (Wildman–Crippen MR) is 175 cm³/mol. The molecule has 4 unspecified atom stereocenters. The van der Waals surface area contributed by atoms with Gasteiger partial charge in [0, 0.05) is 11.8 Å². The van der Waals surface area contributed by atoms with Gasteiger partial charge in [-0.1, -0.05) is 48.5 Å². The number of rotatable bonds is 21. The number of benzene rings is 4. The van der Waals surface area contributed by atoms with Gasteiger partial charge in [0.15, 0.2) is 52.3 Å². The zero-order chi connectivity index (χ0) is 33.5. The number of hydrogen-bond donors (Lipinski definition) is 0. The van der Waals surface area contributed by atoms with E-state index < -0.39 is 0 Å². The summed E-state index contributed by atoms with van der Waals surface area (Å²) in [6, 6.07) is 32.5. The van der Waals surface area contributed by atoms with Crippen LogP contribution in [0.1, 0.15) is 34.1 Å². The number of epoxide rings is 4. The van der Waals surface area contributed by atoms with Gasteiger partial charge in [-0.3, -0.25) is 0 Å². The standard InChI is InChI=1S/C38H38O12/c1-9-29(43-21-47-33-17-39-33)10-2-25(1)37(26-3-11-30(12-4-26)44-22-48-34-18-40-34)38(27-5-13-31(14-6-27)45-23-49-35-19-41-35)28-7-15-32(16-8-28)46-24-50-36-20-42-36/h1-16,33-38H,17-24H2. The van der Waals surface area contributed by atoms with E-state index in [9.17, 15) is 0 Å². The van der Waals surface area contributed by atoms with Gasteiger partial charge in [-0.25, -0.2) is 0 Å². The third-order valence-corrected chi connectivity index (χ3v) is 8.42. The van der Waals surface area contributed by atoms with Crippen molar-refractivity contribution in [3.63, 3.8) is 0 Å². The Bertz CT molecular complexity index is 1380. The minimum atomic E-state index is -0.173. The molecule has 0 saturated carbocycles.